The number of ether oxygens (including phenoxy) is 2. The number of aryl methyl sites for hydroxylation is 2. The van der Waals surface area contributed by atoms with Crippen molar-refractivity contribution in [3.63, 3.8) is 0 Å². The second kappa shape index (κ2) is 7.35. The van der Waals surface area contributed by atoms with Gasteiger partial charge in [-0.15, -0.1) is 0 Å². The highest BCUT2D eigenvalue weighted by Crippen LogP contribution is 2.11. The Morgan fingerprint density at radius 1 is 1.50 bits per heavy atom. The molecule has 0 fully saturated rings. The minimum absolute atomic E-state index is 0.00946. The summed E-state index contributed by atoms with van der Waals surface area (Å²) in [6.45, 7) is 5.09. The lowest BCUT2D eigenvalue weighted by Gasteiger charge is -2.16. The Kier molecular flexibility index (Phi) is 6.11. The molecule has 0 saturated carbocycles. The zero-order valence-electron chi connectivity index (χ0n) is 11.5. The third-order valence-electron chi connectivity index (χ3n) is 2.52. The highest BCUT2D eigenvalue weighted by atomic mass is 16.5. The van der Waals surface area contributed by atoms with Crippen LogP contribution < -0.4 is 5.32 Å². The topological polar surface area (TPSA) is 68.5 Å². The van der Waals surface area contributed by atoms with Crippen molar-refractivity contribution in [1.82, 2.24) is 9.78 Å². The summed E-state index contributed by atoms with van der Waals surface area (Å²) in [5, 5.41) is 17.1. The predicted octanol–water partition coefficient (Wildman–Crippen LogP) is 0.553. The van der Waals surface area contributed by atoms with E-state index in [2.05, 4.69) is 10.4 Å². The SMILES string of the molecule is COCC(C)OCC(O)CNc1cn(C)nc1C. The number of methoxy groups -OCH3 is 1. The molecule has 2 atom stereocenters. The largest absolute Gasteiger partial charge is 0.389 e. The van der Waals surface area contributed by atoms with Crippen molar-refractivity contribution in [3.8, 4) is 0 Å². The molecule has 6 nitrogen and oxygen atoms in total. The molecular weight excluding hydrogens is 234 g/mol. The number of hydrogen-bond donors (Lipinski definition) is 2. The summed E-state index contributed by atoms with van der Waals surface area (Å²) in [5.41, 5.74) is 1.85. The molecule has 0 amide bonds. The molecule has 1 aromatic heterocycles. The first-order chi connectivity index (χ1) is 8.52. The molecule has 0 aliphatic carbocycles. The van der Waals surface area contributed by atoms with Crippen LogP contribution in [0.15, 0.2) is 6.20 Å². The maximum atomic E-state index is 9.77. The summed E-state index contributed by atoms with van der Waals surface area (Å²) >= 11 is 0. The van der Waals surface area contributed by atoms with Crippen LogP contribution in [-0.2, 0) is 16.5 Å². The lowest BCUT2D eigenvalue weighted by atomic mass is 10.3. The van der Waals surface area contributed by atoms with Gasteiger partial charge < -0.3 is 19.9 Å². The molecular formula is C12H23N3O3. The van der Waals surface area contributed by atoms with Gasteiger partial charge >= 0.3 is 0 Å². The standard InChI is InChI=1S/C12H23N3O3/c1-9(7-17-4)18-8-11(16)5-13-12-6-15(3)14-10(12)2/h6,9,11,13,16H,5,7-8H2,1-4H3. The molecule has 1 heterocycles. The van der Waals surface area contributed by atoms with Gasteiger partial charge in [0.15, 0.2) is 0 Å². The number of anilines is 1. The third kappa shape index (κ3) is 5.03. The Morgan fingerprint density at radius 3 is 2.78 bits per heavy atom. The smallest absolute Gasteiger partial charge is 0.0945 e. The number of aromatic nitrogens is 2. The molecule has 0 saturated heterocycles. The number of hydrogen-bond acceptors (Lipinski definition) is 5. The van der Waals surface area contributed by atoms with Crippen LogP contribution in [0.4, 0.5) is 5.69 Å². The molecule has 1 rings (SSSR count). The molecule has 2 unspecified atom stereocenters. The van der Waals surface area contributed by atoms with Gasteiger partial charge in [-0.05, 0) is 13.8 Å². The minimum Gasteiger partial charge on any atom is -0.389 e. The van der Waals surface area contributed by atoms with Crippen LogP contribution in [0.5, 0.6) is 0 Å². The summed E-state index contributed by atoms with van der Waals surface area (Å²) in [5.74, 6) is 0. The molecule has 18 heavy (non-hydrogen) atoms. The van der Waals surface area contributed by atoms with Crippen LogP contribution in [-0.4, -0.2) is 54.0 Å². The van der Waals surface area contributed by atoms with Crippen LogP contribution in [0.1, 0.15) is 12.6 Å². The van der Waals surface area contributed by atoms with E-state index in [4.69, 9.17) is 9.47 Å². The zero-order valence-corrected chi connectivity index (χ0v) is 11.5. The summed E-state index contributed by atoms with van der Waals surface area (Å²) in [4.78, 5) is 0. The molecule has 0 radical (unpaired) electrons. The van der Waals surface area contributed by atoms with E-state index in [1.54, 1.807) is 11.8 Å². The van der Waals surface area contributed by atoms with Gasteiger partial charge in [0, 0.05) is 26.9 Å². The lowest BCUT2D eigenvalue weighted by molar-refractivity contribution is -0.0282. The fraction of sp³-hybridized carbons (Fsp3) is 0.750. The summed E-state index contributed by atoms with van der Waals surface area (Å²) in [6, 6.07) is 0. The summed E-state index contributed by atoms with van der Waals surface area (Å²) < 4.78 is 12.1. The van der Waals surface area contributed by atoms with E-state index in [0.29, 0.717) is 13.2 Å². The number of aliphatic hydroxyl groups excluding tert-OH is 1. The number of nitrogens with one attached hydrogen (secondary N) is 1. The van der Waals surface area contributed by atoms with Crippen molar-refractivity contribution in [3.05, 3.63) is 11.9 Å². The fourth-order valence-electron chi connectivity index (χ4n) is 1.62. The Bertz CT molecular complexity index is 354. The van der Waals surface area contributed by atoms with E-state index < -0.39 is 6.10 Å². The first-order valence-electron chi connectivity index (χ1n) is 6.05. The van der Waals surface area contributed by atoms with Crippen LogP contribution in [0.25, 0.3) is 0 Å². The predicted molar refractivity (Wildman–Crippen MR) is 69.7 cm³/mol. The van der Waals surface area contributed by atoms with E-state index >= 15 is 0 Å². The normalized spacial score (nSPS) is 14.5. The molecule has 0 bridgehead atoms. The molecule has 104 valence electrons. The van der Waals surface area contributed by atoms with Crippen molar-refractivity contribution in [2.45, 2.75) is 26.1 Å². The maximum absolute atomic E-state index is 9.77. The van der Waals surface area contributed by atoms with Gasteiger partial charge in [-0.1, -0.05) is 0 Å². The van der Waals surface area contributed by atoms with E-state index in [-0.39, 0.29) is 12.7 Å². The fourth-order valence-corrected chi connectivity index (χ4v) is 1.62. The van der Waals surface area contributed by atoms with E-state index in [0.717, 1.165) is 11.4 Å². The molecule has 0 spiro atoms. The highest BCUT2D eigenvalue weighted by Gasteiger charge is 2.09. The number of rotatable bonds is 8. The van der Waals surface area contributed by atoms with Crippen molar-refractivity contribution in [2.75, 3.05) is 32.2 Å². The van der Waals surface area contributed by atoms with Crippen LogP contribution >= 0.6 is 0 Å². The molecule has 1 aromatic rings. The first-order valence-corrected chi connectivity index (χ1v) is 6.05. The van der Waals surface area contributed by atoms with Crippen LogP contribution in [0.3, 0.4) is 0 Å². The summed E-state index contributed by atoms with van der Waals surface area (Å²) in [7, 11) is 3.49. The van der Waals surface area contributed by atoms with Gasteiger partial charge in [0.05, 0.1) is 36.8 Å². The van der Waals surface area contributed by atoms with Crippen molar-refractivity contribution in [2.24, 2.45) is 7.05 Å². The van der Waals surface area contributed by atoms with Crippen LogP contribution in [0.2, 0.25) is 0 Å². The Labute approximate surface area is 108 Å². The minimum atomic E-state index is -0.552. The Morgan fingerprint density at radius 2 is 2.22 bits per heavy atom. The summed E-state index contributed by atoms with van der Waals surface area (Å²) in [6.07, 6.45) is 1.32. The van der Waals surface area contributed by atoms with Gasteiger partial charge in [0.1, 0.15) is 0 Å². The van der Waals surface area contributed by atoms with Gasteiger partial charge in [-0.3, -0.25) is 4.68 Å². The maximum Gasteiger partial charge on any atom is 0.0945 e. The number of nitrogens with zero attached hydrogens (tertiary/aromatic N) is 2. The van der Waals surface area contributed by atoms with E-state index in [1.807, 2.05) is 27.1 Å². The highest BCUT2D eigenvalue weighted by molar-refractivity contribution is 5.45. The Hall–Kier alpha value is -1.11. The molecule has 0 aliphatic rings. The van der Waals surface area contributed by atoms with Crippen molar-refractivity contribution >= 4 is 5.69 Å². The third-order valence-corrected chi connectivity index (χ3v) is 2.52. The monoisotopic (exact) mass is 257 g/mol. The molecule has 0 aromatic carbocycles. The first kappa shape index (κ1) is 14.9. The van der Waals surface area contributed by atoms with Gasteiger partial charge in [-0.2, -0.15) is 5.10 Å². The van der Waals surface area contributed by atoms with Crippen LogP contribution in [0, 0.1) is 6.92 Å². The molecule has 2 N–H and O–H groups in total. The lowest BCUT2D eigenvalue weighted by Crippen LogP contribution is -2.28. The van der Waals surface area contributed by atoms with Gasteiger partial charge in [-0.25, -0.2) is 0 Å². The average Bonchev–Trinajstić information content (AvgIpc) is 2.63. The number of aliphatic hydroxyl groups is 1. The quantitative estimate of drug-likeness (QED) is 0.712. The average molecular weight is 257 g/mol. The Balaban J connectivity index is 2.24. The zero-order chi connectivity index (χ0) is 13.5. The van der Waals surface area contributed by atoms with Crippen molar-refractivity contribution < 1.29 is 14.6 Å². The van der Waals surface area contributed by atoms with E-state index in [1.165, 1.54) is 0 Å². The molecule has 0 aliphatic heterocycles. The van der Waals surface area contributed by atoms with Crippen molar-refractivity contribution in [1.29, 1.82) is 0 Å². The molecule has 6 heteroatoms. The second-order valence-corrected chi connectivity index (χ2v) is 4.44. The van der Waals surface area contributed by atoms with E-state index in [9.17, 15) is 5.11 Å². The van der Waals surface area contributed by atoms with Gasteiger partial charge in [0.25, 0.3) is 0 Å². The van der Waals surface area contributed by atoms with Gasteiger partial charge in [0.2, 0.25) is 0 Å². The second-order valence-electron chi connectivity index (χ2n) is 4.44.